The Balaban J connectivity index is 2.24. The Morgan fingerprint density at radius 3 is 2.65 bits per heavy atom. The summed E-state index contributed by atoms with van der Waals surface area (Å²) in [5, 5.41) is 11.5. The Kier molecular flexibility index (Phi) is 2.90. The van der Waals surface area contributed by atoms with Gasteiger partial charge in [-0.2, -0.15) is 4.68 Å². The van der Waals surface area contributed by atoms with Crippen LogP contribution in [0.4, 0.5) is 10.1 Å². The predicted octanol–water partition coefficient (Wildman–Crippen LogP) is 2.36. The van der Waals surface area contributed by atoms with E-state index in [4.69, 9.17) is 5.73 Å². The van der Waals surface area contributed by atoms with Gasteiger partial charge in [-0.15, -0.1) is 5.10 Å². The monoisotopic (exact) mass is 269 g/mol. The van der Waals surface area contributed by atoms with Crippen LogP contribution in [0.3, 0.4) is 0 Å². The standard InChI is InChI=1S/C14H12FN5/c1-9-5-4-7-11(16)13(9)14-17-18-19-20(14)12-8-3-2-6-10(12)15/h2-8H,16H2,1H3. The molecule has 0 amide bonds. The van der Waals surface area contributed by atoms with Crippen molar-refractivity contribution < 1.29 is 4.39 Å². The summed E-state index contributed by atoms with van der Waals surface area (Å²) < 4.78 is 15.3. The van der Waals surface area contributed by atoms with E-state index in [9.17, 15) is 4.39 Å². The number of benzene rings is 2. The molecule has 0 spiro atoms. The van der Waals surface area contributed by atoms with Gasteiger partial charge in [-0.3, -0.25) is 0 Å². The third kappa shape index (κ3) is 1.91. The van der Waals surface area contributed by atoms with Gasteiger partial charge in [0.25, 0.3) is 0 Å². The number of aryl methyl sites for hydroxylation is 1. The van der Waals surface area contributed by atoms with Crippen molar-refractivity contribution in [3.05, 3.63) is 53.8 Å². The van der Waals surface area contributed by atoms with Crippen LogP contribution < -0.4 is 5.73 Å². The van der Waals surface area contributed by atoms with Crippen LogP contribution in [0.5, 0.6) is 0 Å². The van der Waals surface area contributed by atoms with Crippen LogP contribution in [0.25, 0.3) is 17.1 Å². The number of hydrogen-bond acceptors (Lipinski definition) is 4. The van der Waals surface area contributed by atoms with Crippen LogP contribution in [0.15, 0.2) is 42.5 Å². The number of nitrogen functional groups attached to an aromatic ring is 1. The van der Waals surface area contributed by atoms with E-state index in [1.807, 2.05) is 19.1 Å². The van der Waals surface area contributed by atoms with E-state index < -0.39 is 5.82 Å². The molecule has 0 radical (unpaired) electrons. The van der Waals surface area contributed by atoms with Crippen molar-refractivity contribution in [1.82, 2.24) is 20.2 Å². The lowest BCUT2D eigenvalue weighted by atomic mass is 10.1. The molecular weight excluding hydrogens is 257 g/mol. The van der Waals surface area contributed by atoms with Gasteiger partial charge < -0.3 is 5.73 Å². The highest BCUT2D eigenvalue weighted by atomic mass is 19.1. The summed E-state index contributed by atoms with van der Waals surface area (Å²) in [4.78, 5) is 0. The number of nitrogens with two attached hydrogens (primary N) is 1. The molecular formula is C14H12FN5. The molecule has 2 N–H and O–H groups in total. The molecule has 0 aliphatic heterocycles. The average molecular weight is 269 g/mol. The summed E-state index contributed by atoms with van der Waals surface area (Å²) in [7, 11) is 0. The lowest BCUT2D eigenvalue weighted by Crippen LogP contribution is -2.04. The normalized spacial score (nSPS) is 10.7. The lowest BCUT2D eigenvalue weighted by molar-refractivity contribution is 0.608. The van der Waals surface area contributed by atoms with E-state index in [1.165, 1.54) is 10.7 Å². The number of para-hydroxylation sites is 1. The summed E-state index contributed by atoms with van der Waals surface area (Å²) in [6.07, 6.45) is 0. The maximum atomic E-state index is 13.9. The molecule has 3 rings (SSSR count). The minimum atomic E-state index is -0.395. The second-order valence-electron chi connectivity index (χ2n) is 4.40. The summed E-state index contributed by atoms with van der Waals surface area (Å²) in [5.74, 6) is 0.0268. The van der Waals surface area contributed by atoms with Gasteiger partial charge in [0.1, 0.15) is 11.5 Å². The third-order valence-corrected chi connectivity index (χ3v) is 3.08. The zero-order valence-electron chi connectivity index (χ0n) is 10.8. The van der Waals surface area contributed by atoms with Crippen LogP contribution in [-0.4, -0.2) is 20.2 Å². The van der Waals surface area contributed by atoms with Gasteiger partial charge >= 0.3 is 0 Å². The zero-order chi connectivity index (χ0) is 14.1. The second-order valence-corrected chi connectivity index (χ2v) is 4.40. The largest absolute Gasteiger partial charge is 0.398 e. The summed E-state index contributed by atoms with van der Waals surface area (Å²) in [5.41, 5.74) is 8.47. The number of nitrogens with zero attached hydrogens (tertiary/aromatic N) is 4. The minimum absolute atomic E-state index is 0.287. The Labute approximate surface area is 114 Å². The number of aromatic nitrogens is 4. The highest BCUT2D eigenvalue weighted by Gasteiger charge is 2.17. The molecule has 3 aromatic rings. The molecule has 100 valence electrons. The molecule has 0 unspecified atom stereocenters. The van der Waals surface area contributed by atoms with E-state index in [0.717, 1.165) is 5.56 Å². The zero-order valence-corrected chi connectivity index (χ0v) is 10.8. The molecule has 20 heavy (non-hydrogen) atoms. The molecule has 0 atom stereocenters. The predicted molar refractivity (Wildman–Crippen MR) is 73.7 cm³/mol. The van der Waals surface area contributed by atoms with E-state index >= 15 is 0 Å². The molecule has 6 heteroatoms. The number of halogens is 1. The van der Waals surface area contributed by atoms with E-state index in [-0.39, 0.29) is 5.69 Å². The van der Waals surface area contributed by atoms with Gasteiger partial charge in [0.15, 0.2) is 5.82 Å². The molecule has 0 bridgehead atoms. The van der Waals surface area contributed by atoms with Gasteiger partial charge in [-0.1, -0.05) is 24.3 Å². The molecule has 0 saturated heterocycles. The highest BCUT2D eigenvalue weighted by Crippen LogP contribution is 2.29. The van der Waals surface area contributed by atoms with E-state index in [1.54, 1.807) is 24.3 Å². The van der Waals surface area contributed by atoms with Gasteiger partial charge in [-0.05, 0) is 41.1 Å². The summed E-state index contributed by atoms with van der Waals surface area (Å²) in [6.45, 7) is 1.91. The van der Waals surface area contributed by atoms with Crippen LogP contribution in [-0.2, 0) is 0 Å². The van der Waals surface area contributed by atoms with Gasteiger partial charge in [0.05, 0.1) is 0 Å². The Morgan fingerprint density at radius 1 is 1.10 bits per heavy atom. The molecule has 1 aromatic heterocycles. The summed E-state index contributed by atoms with van der Waals surface area (Å²) >= 11 is 0. The smallest absolute Gasteiger partial charge is 0.189 e. The van der Waals surface area contributed by atoms with Crippen LogP contribution in [0.1, 0.15) is 5.56 Å². The van der Waals surface area contributed by atoms with Crippen molar-refractivity contribution >= 4 is 5.69 Å². The number of anilines is 1. The molecule has 0 saturated carbocycles. The Hall–Kier alpha value is -2.76. The highest BCUT2D eigenvalue weighted by molar-refractivity contribution is 5.75. The maximum absolute atomic E-state index is 13.9. The third-order valence-electron chi connectivity index (χ3n) is 3.08. The average Bonchev–Trinajstić information content (AvgIpc) is 2.88. The number of tetrazole rings is 1. The number of rotatable bonds is 2. The fraction of sp³-hybridized carbons (Fsp3) is 0.0714. The molecule has 0 aliphatic carbocycles. The fourth-order valence-corrected chi connectivity index (χ4v) is 2.12. The first kappa shape index (κ1) is 12.3. The Morgan fingerprint density at radius 2 is 1.90 bits per heavy atom. The molecule has 2 aromatic carbocycles. The van der Waals surface area contributed by atoms with Crippen molar-refractivity contribution in [3.63, 3.8) is 0 Å². The SMILES string of the molecule is Cc1cccc(N)c1-c1nnnn1-c1ccccc1F. The number of hydrogen-bond donors (Lipinski definition) is 1. The van der Waals surface area contributed by atoms with Crippen molar-refractivity contribution in [2.75, 3.05) is 5.73 Å². The summed E-state index contributed by atoms with van der Waals surface area (Å²) in [6, 6.07) is 11.8. The van der Waals surface area contributed by atoms with Gasteiger partial charge in [0, 0.05) is 11.3 Å². The first-order chi connectivity index (χ1) is 9.68. The van der Waals surface area contributed by atoms with E-state index in [0.29, 0.717) is 17.1 Å². The Bertz CT molecular complexity index is 746. The molecule has 5 nitrogen and oxygen atoms in total. The minimum Gasteiger partial charge on any atom is -0.398 e. The second kappa shape index (κ2) is 4.73. The van der Waals surface area contributed by atoms with Crippen LogP contribution >= 0.6 is 0 Å². The van der Waals surface area contributed by atoms with Crippen LogP contribution in [0.2, 0.25) is 0 Å². The van der Waals surface area contributed by atoms with Crippen molar-refractivity contribution in [2.45, 2.75) is 6.92 Å². The molecule has 0 fully saturated rings. The van der Waals surface area contributed by atoms with Gasteiger partial charge in [-0.25, -0.2) is 4.39 Å². The lowest BCUT2D eigenvalue weighted by Gasteiger charge is -2.10. The molecule has 0 aliphatic rings. The first-order valence-corrected chi connectivity index (χ1v) is 6.07. The molecule has 1 heterocycles. The quantitative estimate of drug-likeness (QED) is 0.725. The van der Waals surface area contributed by atoms with Crippen molar-refractivity contribution in [3.8, 4) is 17.1 Å². The topological polar surface area (TPSA) is 69.6 Å². The van der Waals surface area contributed by atoms with Crippen LogP contribution in [0, 0.1) is 12.7 Å². The van der Waals surface area contributed by atoms with Crippen molar-refractivity contribution in [1.29, 1.82) is 0 Å². The maximum Gasteiger partial charge on any atom is 0.189 e. The fourth-order valence-electron chi connectivity index (χ4n) is 2.12. The first-order valence-electron chi connectivity index (χ1n) is 6.07. The van der Waals surface area contributed by atoms with E-state index in [2.05, 4.69) is 15.5 Å². The van der Waals surface area contributed by atoms with Crippen molar-refractivity contribution in [2.24, 2.45) is 0 Å². The van der Waals surface area contributed by atoms with Gasteiger partial charge in [0.2, 0.25) is 0 Å².